The van der Waals surface area contributed by atoms with Gasteiger partial charge in [-0.15, -0.1) is 0 Å². The lowest BCUT2D eigenvalue weighted by atomic mass is 9.77. The van der Waals surface area contributed by atoms with E-state index in [0.717, 1.165) is 17.9 Å². The normalized spacial score (nSPS) is 39.6. The number of hydrogen-bond acceptors (Lipinski definition) is 2. The highest BCUT2D eigenvalue weighted by Gasteiger charge is 2.38. The molecule has 0 aromatic carbocycles. The van der Waals surface area contributed by atoms with E-state index in [9.17, 15) is 0 Å². The predicted molar refractivity (Wildman–Crippen MR) is 86.0 cm³/mol. The Hall–Kier alpha value is -0.0800. The molecule has 1 saturated heterocycles. The predicted octanol–water partition coefficient (Wildman–Crippen LogP) is 3.81. The first kappa shape index (κ1) is 14.8. The summed E-state index contributed by atoms with van der Waals surface area (Å²) in [5.74, 6) is 1.87. The summed E-state index contributed by atoms with van der Waals surface area (Å²) in [7, 11) is 0. The van der Waals surface area contributed by atoms with Crippen LogP contribution in [0.2, 0.25) is 0 Å². The van der Waals surface area contributed by atoms with Crippen LogP contribution in [0.4, 0.5) is 0 Å². The van der Waals surface area contributed by atoms with E-state index in [1.165, 1.54) is 77.4 Å². The molecule has 2 heteroatoms. The average molecular weight is 278 g/mol. The van der Waals surface area contributed by atoms with E-state index in [2.05, 4.69) is 24.1 Å². The van der Waals surface area contributed by atoms with Crippen LogP contribution in [0.25, 0.3) is 0 Å². The van der Waals surface area contributed by atoms with Gasteiger partial charge in [0.25, 0.3) is 0 Å². The summed E-state index contributed by atoms with van der Waals surface area (Å²) < 4.78 is 0. The van der Waals surface area contributed by atoms with Crippen LogP contribution in [0.3, 0.4) is 0 Å². The Balaban J connectivity index is 1.65. The second-order valence-electron chi connectivity index (χ2n) is 8.01. The van der Waals surface area contributed by atoms with Gasteiger partial charge in [-0.1, -0.05) is 33.1 Å². The standard InChI is InChI=1S/C18H34N2/c1-15-7-8-17(13-16(15)2)20-12-6-11-19-18(14-20)9-4-3-5-10-18/h15-17,19H,3-14H2,1-2H3. The molecule has 3 atom stereocenters. The Morgan fingerprint density at radius 1 is 0.950 bits per heavy atom. The van der Waals surface area contributed by atoms with E-state index in [0.29, 0.717) is 5.54 Å². The number of nitrogens with zero attached hydrogens (tertiary/aromatic N) is 1. The molecule has 116 valence electrons. The molecule has 1 aliphatic heterocycles. The van der Waals surface area contributed by atoms with Gasteiger partial charge >= 0.3 is 0 Å². The van der Waals surface area contributed by atoms with Crippen LogP contribution in [0.15, 0.2) is 0 Å². The first-order valence-corrected chi connectivity index (χ1v) is 9.18. The molecule has 3 fully saturated rings. The topological polar surface area (TPSA) is 15.3 Å². The third kappa shape index (κ3) is 3.22. The van der Waals surface area contributed by atoms with Crippen LogP contribution in [-0.2, 0) is 0 Å². The van der Waals surface area contributed by atoms with Gasteiger partial charge in [-0.25, -0.2) is 0 Å². The summed E-state index contributed by atoms with van der Waals surface area (Å²) in [6, 6.07) is 0.875. The van der Waals surface area contributed by atoms with Gasteiger partial charge in [0.2, 0.25) is 0 Å². The molecule has 20 heavy (non-hydrogen) atoms. The van der Waals surface area contributed by atoms with Crippen LogP contribution in [0, 0.1) is 11.8 Å². The number of rotatable bonds is 1. The summed E-state index contributed by atoms with van der Waals surface area (Å²) in [4.78, 5) is 2.88. The van der Waals surface area contributed by atoms with Crippen molar-refractivity contribution in [3.8, 4) is 0 Å². The minimum Gasteiger partial charge on any atom is -0.310 e. The van der Waals surface area contributed by atoms with Crippen molar-refractivity contribution in [2.24, 2.45) is 11.8 Å². The Bertz CT molecular complexity index is 309. The smallest absolute Gasteiger partial charge is 0.0308 e. The summed E-state index contributed by atoms with van der Waals surface area (Å²) in [5.41, 5.74) is 0.473. The molecule has 3 unspecified atom stereocenters. The first-order valence-electron chi connectivity index (χ1n) is 9.18. The molecule has 0 aromatic heterocycles. The largest absolute Gasteiger partial charge is 0.310 e. The van der Waals surface area contributed by atoms with Gasteiger partial charge in [-0.3, -0.25) is 4.90 Å². The fourth-order valence-corrected chi connectivity index (χ4v) is 4.89. The Morgan fingerprint density at radius 3 is 2.50 bits per heavy atom. The third-order valence-corrected chi connectivity index (χ3v) is 6.53. The van der Waals surface area contributed by atoms with Gasteiger partial charge in [-0.05, 0) is 63.5 Å². The summed E-state index contributed by atoms with van der Waals surface area (Å²) >= 11 is 0. The molecule has 1 N–H and O–H groups in total. The Kier molecular flexibility index (Phi) is 4.72. The van der Waals surface area contributed by atoms with E-state index in [1.807, 2.05) is 0 Å². The lowest BCUT2D eigenvalue weighted by Gasteiger charge is -2.44. The maximum Gasteiger partial charge on any atom is 0.0308 e. The van der Waals surface area contributed by atoms with Crippen LogP contribution >= 0.6 is 0 Å². The van der Waals surface area contributed by atoms with Gasteiger partial charge < -0.3 is 5.32 Å². The molecule has 0 amide bonds. The second-order valence-corrected chi connectivity index (χ2v) is 8.01. The van der Waals surface area contributed by atoms with E-state index in [1.54, 1.807) is 0 Å². The van der Waals surface area contributed by atoms with Crippen molar-refractivity contribution in [2.45, 2.75) is 83.2 Å². The van der Waals surface area contributed by atoms with Gasteiger partial charge in [0.1, 0.15) is 0 Å². The summed E-state index contributed by atoms with van der Waals surface area (Å²) in [6.45, 7) is 8.84. The average Bonchev–Trinajstić information content (AvgIpc) is 2.66. The maximum absolute atomic E-state index is 3.94. The van der Waals surface area contributed by atoms with Crippen LogP contribution < -0.4 is 5.32 Å². The van der Waals surface area contributed by atoms with E-state index in [4.69, 9.17) is 0 Å². The van der Waals surface area contributed by atoms with Crippen molar-refractivity contribution in [1.29, 1.82) is 0 Å². The molecular formula is C18H34N2. The van der Waals surface area contributed by atoms with Gasteiger partial charge in [0, 0.05) is 18.1 Å². The lowest BCUT2D eigenvalue weighted by molar-refractivity contribution is 0.0786. The highest BCUT2D eigenvalue weighted by Crippen LogP contribution is 2.36. The monoisotopic (exact) mass is 278 g/mol. The molecule has 2 aliphatic carbocycles. The Labute approximate surface area is 125 Å². The lowest BCUT2D eigenvalue weighted by Crippen LogP contribution is -2.55. The van der Waals surface area contributed by atoms with Crippen molar-refractivity contribution in [3.63, 3.8) is 0 Å². The highest BCUT2D eigenvalue weighted by molar-refractivity contribution is 4.97. The van der Waals surface area contributed by atoms with Gasteiger partial charge in [-0.2, -0.15) is 0 Å². The van der Waals surface area contributed by atoms with Crippen LogP contribution in [0.1, 0.15) is 71.6 Å². The number of nitrogens with one attached hydrogen (secondary N) is 1. The fraction of sp³-hybridized carbons (Fsp3) is 1.00. The van der Waals surface area contributed by atoms with E-state index in [-0.39, 0.29) is 0 Å². The minimum atomic E-state index is 0.473. The zero-order chi connectivity index (χ0) is 14.0. The summed E-state index contributed by atoms with van der Waals surface area (Å²) in [5, 5.41) is 3.94. The van der Waals surface area contributed by atoms with Gasteiger partial charge in [0.05, 0.1) is 0 Å². The van der Waals surface area contributed by atoms with Crippen molar-refractivity contribution in [3.05, 3.63) is 0 Å². The summed E-state index contributed by atoms with van der Waals surface area (Å²) in [6.07, 6.45) is 12.9. The highest BCUT2D eigenvalue weighted by atomic mass is 15.2. The molecule has 0 aromatic rings. The Morgan fingerprint density at radius 2 is 1.75 bits per heavy atom. The fourth-order valence-electron chi connectivity index (χ4n) is 4.89. The molecule has 1 heterocycles. The zero-order valence-corrected chi connectivity index (χ0v) is 13.7. The molecule has 0 bridgehead atoms. The third-order valence-electron chi connectivity index (χ3n) is 6.53. The molecule has 0 radical (unpaired) electrons. The van der Waals surface area contributed by atoms with E-state index < -0.39 is 0 Å². The molecule has 3 aliphatic rings. The van der Waals surface area contributed by atoms with Crippen molar-refractivity contribution < 1.29 is 0 Å². The first-order chi connectivity index (χ1) is 9.69. The quantitative estimate of drug-likeness (QED) is 0.784. The zero-order valence-electron chi connectivity index (χ0n) is 13.7. The van der Waals surface area contributed by atoms with Crippen LogP contribution in [-0.4, -0.2) is 36.1 Å². The van der Waals surface area contributed by atoms with Crippen molar-refractivity contribution in [2.75, 3.05) is 19.6 Å². The van der Waals surface area contributed by atoms with Crippen LogP contribution in [0.5, 0.6) is 0 Å². The van der Waals surface area contributed by atoms with E-state index >= 15 is 0 Å². The molecule has 1 spiro atoms. The number of hydrogen-bond donors (Lipinski definition) is 1. The minimum absolute atomic E-state index is 0.473. The van der Waals surface area contributed by atoms with Gasteiger partial charge in [0.15, 0.2) is 0 Å². The molecule has 2 saturated carbocycles. The maximum atomic E-state index is 3.94. The molecular weight excluding hydrogens is 244 g/mol. The molecule has 3 rings (SSSR count). The van der Waals surface area contributed by atoms with Crippen molar-refractivity contribution >= 4 is 0 Å². The second kappa shape index (κ2) is 6.36. The SMILES string of the molecule is CC1CCC(N2CCCNC3(CCCCC3)C2)CC1C. The van der Waals surface area contributed by atoms with Crippen molar-refractivity contribution in [1.82, 2.24) is 10.2 Å². The molecule has 2 nitrogen and oxygen atoms in total.